The minimum absolute atomic E-state index is 0.00712. The first-order valence-electron chi connectivity index (χ1n) is 11.8. The fraction of sp³-hybridized carbons (Fsp3) is 0.370. The zero-order valence-corrected chi connectivity index (χ0v) is 19.5. The van der Waals surface area contributed by atoms with Crippen molar-refractivity contribution in [1.82, 2.24) is 15.4 Å². The van der Waals surface area contributed by atoms with Crippen LogP contribution in [0.3, 0.4) is 0 Å². The molecule has 2 aromatic carbocycles. The zero-order valence-electron chi connectivity index (χ0n) is 19.5. The molecule has 0 spiro atoms. The molecule has 2 N–H and O–H groups in total. The van der Waals surface area contributed by atoms with Gasteiger partial charge in [-0.25, -0.2) is 5.48 Å². The number of fused-ring (bicyclic) bond motifs is 2. The lowest BCUT2D eigenvalue weighted by Gasteiger charge is -2.36. The van der Waals surface area contributed by atoms with Gasteiger partial charge in [-0.05, 0) is 69.4 Å². The van der Waals surface area contributed by atoms with E-state index >= 15 is 0 Å². The summed E-state index contributed by atoms with van der Waals surface area (Å²) in [5, 5.41) is 10.2. The van der Waals surface area contributed by atoms with Crippen molar-refractivity contribution < 1.29 is 19.5 Å². The lowest BCUT2D eigenvalue weighted by Crippen LogP contribution is -2.53. The zero-order chi connectivity index (χ0) is 23.9. The topological polar surface area (TPSA) is 91.8 Å². The molecular weight excluding hydrogens is 430 g/mol. The molecule has 2 aliphatic rings. The summed E-state index contributed by atoms with van der Waals surface area (Å²) >= 11 is 0. The number of amides is 2. The number of ether oxygens (including phenoxy) is 1. The molecule has 1 aromatic heterocycles. The van der Waals surface area contributed by atoms with Gasteiger partial charge in [-0.15, -0.1) is 0 Å². The molecule has 3 aromatic rings. The van der Waals surface area contributed by atoms with Gasteiger partial charge in [0.15, 0.2) is 0 Å². The van der Waals surface area contributed by atoms with E-state index in [9.17, 15) is 9.59 Å². The summed E-state index contributed by atoms with van der Waals surface area (Å²) in [5.74, 6) is 0.162. The normalized spacial score (nSPS) is 24.2. The van der Waals surface area contributed by atoms with Crippen molar-refractivity contribution in [2.75, 3.05) is 0 Å². The molecule has 0 radical (unpaired) electrons. The predicted molar refractivity (Wildman–Crippen MR) is 127 cm³/mol. The maximum Gasteiger partial charge on any atom is 0.266 e. The number of aromatic nitrogens is 1. The minimum atomic E-state index is -0.708. The van der Waals surface area contributed by atoms with E-state index in [1.54, 1.807) is 10.4 Å². The van der Waals surface area contributed by atoms with E-state index in [1.807, 2.05) is 62.4 Å². The average Bonchev–Trinajstić information content (AvgIpc) is 3.13. The van der Waals surface area contributed by atoms with Crippen LogP contribution < -0.4 is 10.2 Å². The van der Waals surface area contributed by atoms with Crippen LogP contribution in [0.15, 0.2) is 54.6 Å². The van der Waals surface area contributed by atoms with E-state index in [-0.39, 0.29) is 11.9 Å². The number of pyridine rings is 1. The minimum Gasteiger partial charge on any atom is -0.489 e. The maximum atomic E-state index is 13.5. The number of hydroxylamine groups is 1. The van der Waals surface area contributed by atoms with E-state index in [2.05, 4.69) is 11.1 Å². The first-order chi connectivity index (χ1) is 16.4. The standard InChI is InChI=1S/C27H29N3O4/c1-17-14-18(22-7-3-4-8-23(22)28-17)16-34-21-12-10-19(11-13-21)27(2)15-20-6-5-9-24(25(31)29-33)30(20)26(27)32/h3-4,7-8,10-14,20,24,33H,5-6,9,15-16H2,1-2H3,(H,29,31). The number of hydrogen-bond donors (Lipinski definition) is 2. The Hall–Kier alpha value is -3.45. The van der Waals surface area contributed by atoms with Gasteiger partial charge in [0.2, 0.25) is 5.91 Å². The SMILES string of the molecule is Cc1cc(COc2ccc(C3(C)CC4CCCC(C(=O)NO)N4C3=O)cc2)c2ccccc2n1. The molecule has 34 heavy (non-hydrogen) atoms. The van der Waals surface area contributed by atoms with Gasteiger partial charge in [0.25, 0.3) is 5.91 Å². The van der Waals surface area contributed by atoms with Crippen molar-refractivity contribution in [3.63, 3.8) is 0 Å². The molecule has 0 saturated carbocycles. The lowest BCUT2D eigenvalue weighted by atomic mass is 9.79. The van der Waals surface area contributed by atoms with Crippen LogP contribution in [0.4, 0.5) is 0 Å². The van der Waals surface area contributed by atoms with Crippen molar-refractivity contribution in [3.05, 3.63) is 71.4 Å². The summed E-state index contributed by atoms with van der Waals surface area (Å²) in [6.07, 6.45) is 2.96. The highest BCUT2D eigenvalue weighted by atomic mass is 16.5. The second kappa shape index (κ2) is 8.72. The number of nitrogens with zero attached hydrogens (tertiary/aromatic N) is 2. The Morgan fingerprint density at radius 3 is 2.74 bits per heavy atom. The number of para-hydroxylation sites is 1. The molecule has 3 unspecified atom stereocenters. The summed E-state index contributed by atoms with van der Waals surface area (Å²) in [6, 6.07) is 17.2. The molecule has 0 bridgehead atoms. The summed E-state index contributed by atoms with van der Waals surface area (Å²) in [6.45, 7) is 4.35. The summed E-state index contributed by atoms with van der Waals surface area (Å²) in [4.78, 5) is 31.9. The van der Waals surface area contributed by atoms with Crippen LogP contribution >= 0.6 is 0 Å². The fourth-order valence-electron chi connectivity index (χ4n) is 5.60. The van der Waals surface area contributed by atoms with Crippen LogP contribution in [-0.2, 0) is 21.6 Å². The number of nitrogens with one attached hydrogen (secondary N) is 1. The molecule has 3 atom stereocenters. The van der Waals surface area contributed by atoms with Crippen LogP contribution in [0.2, 0.25) is 0 Å². The molecule has 176 valence electrons. The molecule has 7 heteroatoms. The second-order valence-electron chi connectivity index (χ2n) is 9.58. The Morgan fingerprint density at radius 2 is 1.97 bits per heavy atom. The van der Waals surface area contributed by atoms with Crippen molar-refractivity contribution in [1.29, 1.82) is 0 Å². The number of rotatable bonds is 5. The molecule has 3 heterocycles. The van der Waals surface area contributed by atoms with E-state index in [4.69, 9.17) is 9.94 Å². The summed E-state index contributed by atoms with van der Waals surface area (Å²) < 4.78 is 6.09. The van der Waals surface area contributed by atoms with Gasteiger partial charge in [-0.1, -0.05) is 30.3 Å². The number of aryl methyl sites for hydroxylation is 1. The van der Waals surface area contributed by atoms with E-state index in [0.29, 0.717) is 19.4 Å². The Labute approximate surface area is 198 Å². The van der Waals surface area contributed by atoms with Gasteiger partial charge in [0, 0.05) is 22.7 Å². The molecule has 2 aliphatic heterocycles. The monoisotopic (exact) mass is 459 g/mol. The molecule has 2 saturated heterocycles. The molecule has 2 amide bonds. The third kappa shape index (κ3) is 3.80. The second-order valence-corrected chi connectivity index (χ2v) is 9.58. The third-order valence-electron chi connectivity index (χ3n) is 7.32. The number of piperidine rings is 1. The van der Waals surface area contributed by atoms with Crippen LogP contribution in [0, 0.1) is 6.92 Å². The third-order valence-corrected chi connectivity index (χ3v) is 7.32. The van der Waals surface area contributed by atoms with Crippen LogP contribution in [0.1, 0.15) is 49.4 Å². The number of carbonyl (C=O) groups excluding carboxylic acids is 2. The van der Waals surface area contributed by atoms with Gasteiger partial charge in [0.1, 0.15) is 18.4 Å². The van der Waals surface area contributed by atoms with Gasteiger partial charge >= 0.3 is 0 Å². The van der Waals surface area contributed by atoms with Crippen LogP contribution in [0.25, 0.3) is 10.9 Å². The highest BCUT2D eigenvalue weighted by Crippen LogP contribution is 2.44. The van der Waals surface area contributed by atoms with Gasteiger partial charge < -0.3 is 9.64 Å². The summed E-state index contributed by atoms with van der Waals surface area (Å²) in [5.41, 5.74) is 4.91. The predicted octanol–water partition coefficient (Wildman–Crippen LogP) is 4.04. The van der Waals surface area contributed by atoms with Crippen molar-refractivity contribution in [2.24, 2.45) is 0 Å². The smallest absolute Gasteiger partial charge is 0.266 e. The first-order valence-corrected chi connectivity index (χ1v) is 11.8. The Bertz CT molecular complexity index is 1240. The molecule has 7 nitrogen and oxygen atoms in total. The lowest BCUT2D eigenvalue weighted by molar-refractivity contribution is -0.147. The van der Waals surface area contributed by atoms with Crippen LogP contribution in [-0.4, -0.2) is 39.0 Å². The molecular formula is C27H29N3O4. The van der Waals surface area contributed by atoms with E-state index in [0.717, 1.165) is 46.3 Å². The van der Waals surface area contributed by atoms with Crippen molar-refractivity contribution >= 4 is 22.7 Å². The molecule has 5 rings (SSSR count). The molecule has 2 fully saturated rings. The first kappa shape index (κ1) is 22.3. The van der Waals surface area contributed by atoms with Gasteiger partial charge in [-0.3, -0.25) is 19.8 Å². The number of benzene rings is 2. The Morgan fingerprint density at radius 1 is 1.21 bits per heavy atom. The van der Waals surface area contributed by atoms with E-state index < -0.39 is 17.4 Å². The number of carbonyl (C=O) groups is 2. The maximum absolute atomic E-state index is 13.5. The highest BCUT2D eigenvalue weighted by molar-refractivity contribution is 5.95. The van der Waals surface area contributed by atoms with Crippen molar-refractivity contribution in [2.45, 2.75) is 63.6 Å². The average molecular weight is 460 g/mol. The summed E-state index contributed by atoms with van der Waals surface area (Å²) in [7, 11) is 0. The van der Waals surface area contributed by atoms with Gasteiger partial charge in [-0.2, -0.15) is 0 Å². The largest absolute Gasteiger partial charge is 0.489 e. The quantitative estimate of drug-likeness (QED) is 0.444. The Balaban J connectivity index is 1.34. The fourth-order valence-corrected chi connectivity index (χ4v) is 5.60. The van der Waals surface area contributed by atoms with Gasteiger partial charge in [0.05, 0.1) is 10.9 Å². The Kier molecular flexibility index (Phi) is 5.73. The highest BCUT2D eigenvalue weighted by Gasteiger charge is 2.53. The van der Waals surface area contributed by atoms with Crippen molar-refractivity contribution in [3.8, 4) is 5.75 Å². The van der Waals surface area contributed by atoms with E-state index in [1.165, 1.54) is 0 Å². The van der Waals surface area contributed by atoms with Crippen LogP contribution in [0.5, 0.6) is 5.75 Å². The molecule has 0 aliphatic carbocycles. The number of hydrogen-bond acceptors (Lipinski definition) is 5.